The third-order valence-corrected chi connectivity index (χ3v) is 2.58. The van der Waals surface area contributed by atoms with Crippen LogP contribution in [0.2, 0.25) is 0 Å². The molecule has 1 heterocycles. The molecule has 0 radical (unpaired) electrons. The van der Waals surface area contributed by atoms with Crippen LogP contribution in [0.3, 0.4) is 0 Å². The minimum absolute atomic E-state index is 0.123. The molecule has 2 heteroatoms. The van der Waals surface area contributed by atoms with Crippen LogP contribution in [0, 0.1) is 12.8 Å². The molecule has 0 fully saturated rings. The maximum absolute atomic E-state index is 6.06. The minimum Gasteiger partial charge on any atom is -0.324 e. The van der Waals surface area contributed by atoms with Gasteiger partial charge >= 0.3 is 0 Å². The Morgan fingerprint density at radius 2 is 2.15 bits per heavy atom. The summed E-state index contributed by atoms with van der Waals surface area (Å²) in [6.07, 6.45) is 2.99. The third-order valence-electron chi connectivity index (χ3n) is 2.58. The number of hydrogen-bond acceptors (Lipinski definition) is 2. The monoisotopic (exact) mass is 178 g/mol. The molecule has 0 amide bonds. The molecule has 1 rings (SSSR count). The first-order chi connectivity index (χ1) is 6.15. The molecule has 13 heavy (non-hydrogen) atoms. The van der Waals surface area contributed by atoms with Crippen molar-refractivity contribution in [3.05, 3.63) is 29.6 Å². The van der Waals surface area contributed by atoms with Crippen molar-refractivity contribution in [1.29, 1.82) is 0 Å². The number of aromatic nitrogens is 1. The lowest BCUT2D eigenvalue weighted by Gasteiger charge is -2.18. The molecule has 72 valence electrons. The summed E-state index contributed by atoms with van der Waals surface area (Å²) in [7, 11) is 0. The van der Waals surface area contributed by atoms with Crippen LogP contribution < -0.4 is 5.73 Å². The van der Waals surface area contributed by atoms with E-state index in [2.05, 4.69) is 24.9 Å². The molecule has 2 nitrogen and oxygen atoms in total. The Morgan fingerprint density at radius 3 is 2.62 bits per heavy atom. The van der Waals surface area contributed by atoms with Gasteiger partial charge < -0.3 is 5.73 Å². The lowest BCUT2D eigenvalue weighted by atomic mass is 9.94. The predicted octanol–water partition coefficient (Wildman–Crippen LogP) is 2.44. The molecule has 0 aliphatic heterocycles. The van der Waals surface area contributed by atoms with E-state index >= 15 is 0 Å². The van der Waals surface area contributed by atoms with E-state index in [-0.39, 0.29) is 6.04 Å². The van der Waals surface area contributed by atoms with Crippen LogP contribution in [-0.2, 0) is 0 Å². The number of nitrogens with two attached hydrogens (primary N) is 1. The summed E-state index contributed by atoms with van der Waals surface area (Å²) in [5.74, 6) is 0.518. The molecule has 0 spiro atoms. The highest BCUT2D eigenvalue weighted by Gasteiger charge is 2.12. The molecule has 0 aliphatic carbocycles. The lowest BCUT2D eigenvalue weighted by molar-refractivity contribution is 0.456. The fraction of sp³-hybridized carbons (Fsp3) is 0.545. The van der Waals surface area contributed by atoms with E-state index in [1.165, 1.54) is 0 Å². The fourth-order valence-corrected chi connectivity index (χ4v) is 1.26. The second-order valence-electron chi connectivity index (χ2n) is 3.64. The molecule has 0 aliphatic rings. The van der Waals surface area contributed by atoms with Crippen molar-refractivity contribution in [2.24, 2.45) is 11.7 Å². The minimum atomic E-state index is 0.123. The molecular formula is C11H18N2. The average molecular weight is 178 g/mol. The van der Waals surface area contributed by atoms with E-state index in [9.17, 15) is 0 Å². The fourth-order valence-electron chi connectivity index (χ4n) is 1.26. The van der Waals surface area contributed by atoms with Gasteiger partial charge in [-0.3, -0.25) is 4.98 Å². The van der Waals surface area contributed by atoms with E-state index in [0.717, 1.165) is 17.7 Å². The van der Waals surface area contributed by atoms with Gasteiger partial charge in [-0.05, 0) is 24.5 Å². The van der Waals surface area contributed by atoms with Crippen LogP contribution in [-0.4, -0.2) is 4.98 Å². The summed E-state index contributed by atoms with van der Waals surface area (Å²) < 4.78 is 0. The smallest absolute Gasteiger partial charge is 0.0372 e. The zero-order valence-corrected chi connectivity index (χ0v) is 8.62. The van der Waals surface area contributed by atoms with Gasteiger partial charge in [0, 0.05) is 17.9 Å². The number of rotatable bonds is 3. The van der Waals surface area contributed by atoms with Crippen molar-refractivity contribution >= 4 is 0 Å². The molecule has 1 aromatic rings. The first-order valence-corrected chi connectivity index (χ1v) is 4.83. The number of aryl methyl sites for hydroxylation is 1. The summed E-state index contributed by atoms with van der Waals surface area (Å²) in [4.78, 5) is 4.24. The molecule has 0 saturated carbocycles. The molecule has 0 bridgehead atoms. The van der Waals surface area contributed by atoms with Gasteiger partial charge in [-0.25, -0.2) is 0 Å². The Morgan fingerprint density at radius 1 is 1.46 bits per heavy atom. The zero-order chi connectivity index (χ0) is 9.84. The summed E-state index contributed by atoms with van der Waals surface area (Å²) in [6.45, 7) is 6.31. The molecule has 2 N–H and O–H groups in total. The molecular weight excluding hydrogens is 160 g/mol. The molecule has 2 unspecified atom stereocenters. The van der Waals surface area contributed by atoms with Crippen LogP contribution in [0.25, 0.3) is 0 Å². The van der Waals surface area contributed by atoms with E-state index in [4.69, 9.17) is 5.73 Å². The summed E-state index contributed by atoms with van der Waals surface area (Å²) >= 11 is 0. The highest BCUT2D eigenvalue weighted by atomic mass is 14.7. The largest absolute Gasteiger partial charge is 0.324 e. The Hall–Kier alpha value is -0.890. The Labute approximate surface area is 80.2 Å². The van der Waals surface area contributed by atoms with E-state index in [1.807, 2.05) is 19.2 Å². The van der Waals surface area contributed by atoms with Gasteiger partial charge in [-0.1, -0.05) is 26.3 Å². The van der Waals surface area contributed by atoms with Gasteiger partial charge in [0.25, 0.3) is 0 Å². The highest BCUT2D eigenvalue weighted by Crippen LogP contribution is 2.20. The van der Waals surface area contributed by atoms with Crippen LogP contribution in [0.1, 0.15) is 37.6 Å². The number of nitrogens with zero attached hydrogens (tertiary/aromatic N) is 1. The second-order valence-corrected chi connectivity index (χ2v) is 3.64. The second kappa shape index (κ2) is 4.38. The van der Waals surface area contributed by atoms with Crippen LogP contribution in [0.5, 0.6) is 0 Å². The van der Waals surface area contributed by atoms with Crippen molar-refractivity contribution in [2.75, 3.05) is 0 Å². The van der Waals surface area contributed by atoms with Crippen molar-refractivity contribution in [3.63, 3.8) is 0 Å². The van der Waals surface area contributed by atoms with Gasteiger partial charge in [0.2, 0.25) is 0 Å². The lowest BCUT2D eigenvalue weighted by Crippen LogP contribution is -2.18. The maximum atomic E-state index is 6.06. The maximum Gasteiger partial charge on any atom is 0.0372 e. The Balaban J connectivity index is 2.77. The standard InChI is InChI=1S/C11H18N2/c1-4-8(2)11(12)10-6-5-9(3)13-7-10/h5-8,11H,4,12H2,1-3H3. The third kappa shape index (κ3) is 2.52. The topological polar surface area (TPSA) is 38.9 Å². The normalized spacial score (nSPS) is 15.4. The molecule has 2 atom stereocenters. The van der Waals surface area contributed by atoms with E-state index in [1.54, 1.807) is 0 Å². The molecule has 1 aromatic heterocycles. The highest BCUT2D eigenvalue weighted by molar-refractivity contribution is 5.17. The summed E-state index contributed by atoms with van der Waals surface area (Å²) in [5, 5.41) is 0. The Bertz CT molecular complexity index is 253. The predicted molar refractivity (Wildman–Crippen MR) is 55.4 cm³/mol. The number of hydrogen-bond donors (Lipinski definition) is 1. The Kier molecular flexibility index (Phi) is 3.43. The quantitative estimate of drug-likeness (QED) is 0.772. The molecule has 0 aromatic carbocycles. The SMILES string of the molecule is CCC(C)C(N)c1ccc(C)nc1. The van der Waals surface area contributed by atoms with Crippen LogP contribution in [0.4, 0.5) is 0 Å². The number of pyridine rings is 1. The first kappa shape index (κ1) is 10.2. The van der Waals surface area contributed by atoms with Gasteiger partial charge in [0.15, 0.2) is 0 Å². The van der Waals surface area contributed by atoms with E-state index < -0.39 is 0 Å². The van der Waals surface area contributed by atoms with Crippen LogP contribution in [0.15, 0.2) is 18.3 Å². The van der Waals surface area contributed by atoms with Gasteiger partial charge in [-0.15, -0.1) is 0 Å². The first-order valence-electron chi connectivity index (χ1n) is 4.83. The van der Waals surface area contributed by atoms with Gasteiger partial charge in [0.05, 0.1) is 0 Å². The summed E-state index contributed by atoms with van der Waals surface area (Å²) in [6, 6.07) is 4.20. The summed E-state index contributed by atoms with van der Waals surface area (Å²) in [5.41, 5.74) is 8.24. The van der Waals surface area contributed by atoms with Crippen LogP contribution >= 0.6 is 0 Å². The van der Waals surface area contributed by atoms with Gasteiger partial charge in [-0.2, -0.15) is 0 Å². The average Bonchev–Trinajstić information content (AvgIpc) is 2.17. The van der Waals surface area contributed by atoms with Crippen molar-refractivity contribution in [1.82, 2.24) is 4.98 Å². The van der Waals surface area contributed by atoms with Crippen molar-refractivity contribution in [3.8, 4) is 0 Å². The van der Waals surface area contributed by atoms with E-state index in [0.29, 0.717) is 5.92 Å². The van der Waals surface area contributed by atoms with Crippen molar-refractivity contribution < 1.29 is 0 Å². The van der Waals surface area contributed by atoms with Gasteiger partial charge in [0.1, 0.15) is 0 Å². The van der Waals surface area contributed by atoms with Crippen molar-refractivity contribution in [2.45, 2.75) is 33.2 Å². The zero-order valence-electron chi connectivity index (χ0n) is 8.62. The molecule has 0 saturated heterocycles.